The van der Waals surface area contributed by atoms with Crippen LogP contribution >= 0.6 is 11.3 Å². The maximum atomic E-state index is 12.4. The minimum atomic E-state index is -0.0879. The van der Waals surface area contributed by atoms with Gasteiger partial charge in [0.2, 0.25) is 0 Å². The summed E-state index contributed by atoms with van der Waals surface area (Å²) in [6, 6.07) is 0.246. The summed E-state index contributed by atoms with van der Waals surface area (Å²) in [7, 11) is 0. The topological polar surface area (TPSA) is 80.0 Å². The molecule has 0 radical (unpaired) electrons. The average Bonchev–Trinajstić information content (AvgIpc) is 2.76. The number of nitrogens with two attached hydrogens (primary N) is 1. The molecule has 0 aromatic carbocycles. The van der Waals surface area contributed by atoms with Crippen LogP contribution in [0.3, 0.4) is 0 Å². The van der Waals surface area contributed by atoms with Gasteiger partial charge in [-0.3, -0.25) is 4.79 Å². The van der Waals surface area contributed by atoms with Crippen LogP contribution < -0.4 is 16.4 Å². The Morgan fingerprint density at radius 1 is 1.45 bits per heavy atom. The number of hydrogen-bond donors (Lipinski definition) is 3. The van der Waals surface area contributed by atoms with Gasteiger partial charge in [-0.25, -0.2) is 4.98 Å². The first-order chi connectivity index (χ1) is 9.52. The van der Waals surface area contributed by atoms with Crippen molar-refractivity contribution < 1.29 is 4.79 Å². The van der Waals surface area contributed by atoms with E-state index in [1.165, 1.54) is 24.2 Å². The summed E-state index contributed by atoms with van der Waals surface area (Å²) in [4.78, 5) is 17.0. The highest BCUT2D eigenvalue weighted by Crippen LogP contribution is 2.30. The van der Waals surface area contributed by atoms with Gasteiger partial charge < -0.3 is 16.4 Å². The Morgan fingerprint density at radius 2 is 2.20 bits per heavy atom. The summed E-state index contributed by atoms with van der Waals surface area (Å²) in [6.07, 6.45) is 3.48. The Balaban J connectivity index is 2.04. The van der Waals surface area contributed by atoms with Crippen molar-refractivity contribution in [3.8, 4) is 0 Å². The van der Waals surface area contributed by atoms with E-state index >= 15 is 0 Å². The van der Waals surface area contributed by atoms with Crippen LogP contribution in [0.4, 0.5) is 10.9 Å². The van der Waals surface area contributed by atoms with Crippen molar-refractivity contribution in [2.75, 3.05) is 17.6 Å². The number of amides is 1. The van der Waals surface area contributed by atoms with E-state index < -0.39 is 0 Å². The summed E-state index contributed by atoms with van der Waals surface area (Å²) >= 11 is 1.32. The van der Waals surface area contributed by atoms with E-state index in [2.05, 4.69) is 29.5 Å². The molecule has 4 N–H and O–H groups in total. The number of carbonyl (C=O) groups is 1. The quantitative estimate of drug-likeness (QED) is 0.798. The van der Waals surface area contributed by atoms with Crippen LogP contribution in [0.5, 0.6) is 0 Å². The number of nitrogen functional groups attached to an aromatic ring is 1. The van der Waals surface area contributed by atoms with Crippen LogP contribution in [0.25, 0.3) is 0 Å². The van der Waals surface area contributed by atoms with Gasteiger partial charge in [0.1, 0.15) is 10.7 Å². The van der Waals surface area contributed by atoms with E-state index in [0.717, 1.165) is 13.0 Å². The highest BCUT2D eigenvalue weighted by atomic mass is 32.1. The van der Waals surface area contributed by atoms with Gasteiger partial charge in [0.25, 0.3) is 5.91 Å². The molecule has 1 fully saturated rings. The third kappa shape index (κ3) is 3.23. The molecule has 5 nitrogen and oxygen atoms in total. The molecule has 1 aliphatic rings. The van der Waals surface area contributed by atoms with E-state index in [1.54, 1.807) is 0 Å². The molecule has 1 amide bonds. The first-order valence-electron chi connectivity index (χ1n) is 7.34. The Hall–Kier alpha value is -1.30. The highest BCUT2D eigenvalue weighted by molar-refractivity contribution is 7.18. The van der Waals surface area contributed by atoms with Gasteiger partial charge in [-0.2, -0.15) is 0 Å². The SMILES string of the molecule is CCNc1nc(N)c(C(=O)NC2CCCC(C)C2C)s1. The monoisotopic (exact) mass is 296 g/mol. The van der Waals surface area contributed by atoms with Gasteiger partial charge in [0, 0.05) is 12.6 Å². The molecule has 0 saturated heterocycles. The number of nitrogens with zero attached hydrogens (tertiary/aromatic N) is 1. The van der Waals surface area contributed by atoms with Crippen molar-refractivity contribution >= 4 is 28.2 Å². The van der Waals surface area contributed by atoms with E-state index in [9.17, 15) is 4.79 Å². The average molecular weight is 296 g/mol. The standard InChI is InChI=1S/C14H24N4OS/c1-4-16-14-18-12(15)11(20-14)13(19)17-10-7-5-6-8(2)9(10)3/h8-10H,4-7,15H2,1-3H3,(H,16,18)(H,17,19). The van der Waals surface area contributed by atoms with E-state index in [4.69, 9.17) is 5.73 Å². The van der Waals surface area contributed by atoms with Crippen molar-refractivity contribution in [3.05, 3.63) is 4.88 Å². The molecular formula is C14H24N4OS. The van der Waals surface area contributed by atoms with E-state index in [1.807, 2.05) is 6.92 Å². The fourth-order valence-corrected chi connectivity index (χ4v) is 3.60. The van der Waals surface area contributed by atoms with Crippen molar-refractivity contribution in [3.63, 3.8) is 0 Å². The predicted octanol–water partition coefficient (Wildman–Crippen LogP) is 2.71. The number of aromatic nitrogens is 1. The lowest BCUT2D eigenvalue weighted by atomic mass is 9.78. The zero-order valence-electron chi connectivity index (χ0n) is 12.4. The molecule has 1 saturated carbocycles. The maximum absolute atomic E-state index is 12.4. The van der Waals surface area contributed by atoms with E-state index in [0.29, 0.717) is 27.7 Å². The number of carbonyl (C=O) groups excluding carboxylic acids is 1. The fourth-order valence-electron chi connectivity index (χ4n) is 2.74. The molecule has 2 rings (SSSR count). The molecule has 20 heavy (non-hydrogen) atoms. The fraction of sp³-hybridized carbons (Fsp3) is 0.714. The smallest absolute Gasteiger partial charge is 0.265 e. The molecule has 6 heteroatoms. The van der Waals surface area contributed by atoms with Crippen LogP contribution in [-0.4, -0.2) is 23.5 Å². The Bertz CT molecular complexity index is 474. The van der Waals surface area contributed by atoms with Gasteiger partial charge in [-0.05, 0) is 25.2 Å². The van der Waals surface area contributed by atoms with Crippen LogP contribution in [0.2, 0.25) is 0 Å². The normalized spacial score (nSPS) is 26.2. The molecule has 1 aromatic heterocycles. The molecule has 1 aromatic rings. The third-order valence-electron chi connectivity index (χ3n) is 4.21. The molecule has 3 unspecified atom stereocenters. The number of anilines is 2. The predicted molar refractivity (Wildman–Crippen MR) is 84.1 cm³/mol. The molecular weight excluding hydrogens is 272 g/mol. The van der Waals surface area contributed by atoms with Crippen LogP contribution in [0.1, 0.15) is 49.7 Å². The zero-order valence-corrected chi connectivity index (χ0v) is 13.2. The van der Waals surface area contributed by atoms with Gasteiger partial charge in [0.15, 0.2) is 5.13 Å². The maximum Gasteiger partial charge on any atom is 0.265 e. The third-order valence-corrected chi connectivity index (χ3v) is 5.24. The van der Waals surface area contributed by atoms with E-state index in [-0.39, 0.29) is 11.9 Å². The van der Waals surface area contributed by atoms with Crippen LogP contribution in [-0.2, 0) is 0 Å². The lowest BCUT2D eigenvalue weighted by Gasteiger charge is -2.34. The van der Waals surface area contributed by atoms with Gasteiger partial charge in [0.05, 0.1) is 0 Å². The Labute approximate surface area is 124 Å². The largest absolute Gasteiger partial charge is 0.382 e. The molecule has 0 aliphatic heterocycles. The molecule has 0 spiro atoms. The zero-order chi connectivity index (χ0) is 14.7. The first kappa shape index (κ1) is 15.1. The second-order valence-corrected chi connectivity index (χ2v) is 6.61. The first-order valence-corrected chi connectivity index (χ1v) is 8.15. The lowest BCUT2D eigenvalue weighted by molar-refractivity contribution is 0.0896. The number of hydrogen-bond acceptors (Lipinski definition) is 5. The summed E-state index contributed by atoms with van der Waals surface area (Å²) in [5, 5.41) is 6.93. The van der Waals surface area contributed by atoms with Crippen molar-refractivity contribution in [1.82, 2.24) is 10.3 Å². The second kappa shape index (κ2) is 6.43. The number of thiazole rings is 1. The lowest BCUT2D eigenvalue weighted by Crippen LogP contribution is -2.43. The minimum Gasteiger partial charge on any atom is -0.382 e. The molecule has 0 bridgehead atoms. The van der Waals surface area contributed by atoms with Gasteiger partial charge in [-0.15, -0.1) is 0 Å². The Morgan fingerprint density at radius 3 is 2.90 bits per heavy atom. The van der Waals surface area contributed by atoms with Gasteiger partial charge >= 0.3 is 0 Å². The molecule has 3 atom stereocenters. The second-order valence-electron chi connectivity index (χ2n) is 5.61. The summed E-state index contributed by atoms with van der Waals surface area (Å²) in [5.74, 6) is 1.40. The van der Waals surface area contributed by atoms with Crippen LogP contribution in [0, 0.1) is 11.8 Å². The van der Waals surface area contributed by atoms with Crippen molar-refractivity contribution in [1.29, 1.82) is 0 Å². The van der Waals surface area contributed by atoms with Crippen molar-refractivity contribution in [2.45, 2.75) is 46.1 Å². The van der Waals surface area contributed by atoms with Gasteiger partial charge in [-0.1, -0.05) is 38.0 Å². The highest BCUT2D eigenvalue weighted by Gasteiger charge is 2.29. The summed E-state index contributed by atoms with van der Waals surface area (Å²) in [5.41, 5.74) is 5.84. The minimum absolute atomic E-state index is 0.0879. The molecule has 1 aliphatic carbocycles. The number of nitrogens with one attached hydrogen (secondary N) is 2. The van der Waals surface area contributed by atoms with Crippen molar-refractivity contribution in [2.24, 2.45) is 11.8 Å². The number of rotatable bonds is 4. The van der Waals surface area contributed by atoms with Crippen LogP contribution in [0.15, 0.2) is 0 Å². The summed E-state index contributed by atoms with van der Waals surface area (Å²) in [6.45, 7) is 7.23. The summed E-state index contributed by atoms with van der Waals surface area (Å²) < 4.78 is 0. The Kier molecular flexibility index (Phi) is 4.86. The molecule has 112 valence electrons. The molecule has 1 heterocycles.